The Labute approximate surface area is 157 Å². The van der Waals surface area contributed by atoms with Crippen molar-refractivity contribution in [1.82, 2.24) is 29.7 Å². The highest BCUT2D eigenvalue weighted by molar-refractivity contribution is 5.86. The van der Waals surface area contributed by atoms with Crippen LogP contribution in [0.1, 0.15) is 31.4 Å². The van der Waals surface area contributed by atoms with Crippen molar-refractivity contribution >= 4 is 17.2 Å². The molecule has 27 heavy (non-hydrogen) atoms. The summed E-state index contributed by atoms with van der Waals surface area (Å²) in [6.07, 6.45) is 7.54. The number of aryl methyl sites for hydroxylation is 1. The molecule has 0 saturated carbocycles. The summed E-state index contributed by atoms with van der Waals surface area (Å²) in [5, 5.41) is 16.2. The molecule has 9 heteroatoms. The maximum Gasteiger partial charge on any atom is 0.165 e. The number of hydrogen-bond donors (Lipinski definition) is 2. The van der Waals surface area contributed by atoms with Gasteiger partial charge in [0.15, 0.2) is 5.65 Å². The molecule has 1 aliphatic heterocycles. The molecule has 2 atom stereocenters. The van der Waals surface area contributed by atoms with Gasteiger partial charge in [-0.05, 0) is 19.8 Å². The largest absolute Gasteiger partial charge is 0.399 e. The van der Waals surface area contributed by atoms with E-state index in [9.17, 15) is 0 Å². The molecule has 3 aromatic heterocycles. The lowest BCUT2D eigenvalue weighted by Crippen LogP contribution is -2.42. The molecule has 1 saturated heterocycles. The molecule has 0 spiro atoms. The number of anilines is 1. The third kappa shape index (κ3) is 3.25. The van der Waals surface area contributed by atoms with Crippen LogP contribution in [-0.2, 0) is 11.9 Å². The first-order chi connectivity index (χ1) is 13.1. The Bertz CT molecular complexity index is 981. The lowest BCUT2D eigenvalue weighted by atomic mass is 9.90. The van der Waals surface area contributed by atoms with Crippen LogP contribution in [-0.4, -0.2) is 49.8 Å². The summed E-state index contributed by atoms with van der Waals surface area (Å²) in [6, 6.07) is 2.17. The molecule has 142 valence electrons. The van der Waals surface area contributed by atoms with Crippen molar-refractivity contribution in [2.75, 3.05) is 19.4 Å². The smallest absolute Gasteiger partial charge is 0.165 e. The summed E-state index contributed by atoms with van der Waals surface area (Å²) in [5.41, 5.74) is 10.9. The zero-order valence-corrected chi connectivity index (χ0v) is 15.8. The fraction of sp³-hybridized carbons (Fsp3) is 0.444. The van der Waals surface area contributed by atoms with Gasteiger partial charge in [0.25, 0.3) is 0 Å². The van der Waals surface area contributed by atoms with E-state index >= 15 is 0 Å². The third-order valence-corrected chi connectivity index (χ3v) is 5.11. The molecule has 0 radical (unpaired) electrons. The number of oxime groups is 1. The van der Waals surface area contributed by atoms with Crippen molar-refractivity contribution in [3.8, 4) is 11.1 Å². The van der Waals surface area contributed by atoms with Gasteiger partial charge in [0.05, 0.1) is 23.8 Å². The predicted molar refractivity (Wildman–Crippen MR) is 103 cm³/mol. The summed E-state index contributed by atoms with van der Waals surface area (Å²) in [4.78, 5) is 9.78. The minimum atomic E-state index is 0.239. The van der Waals surface area contributed by atoms with Crippen molar-refractivity contribution < 1.29 is 4.84 Å². The Kier molecular flexibility index (Phi) is 4.53. The Morgan fingerprint density at radius 2 is 2.19 bits per heavy atom. The van der Waals surface area contributed by atoms with E-state index in [-0.39, 0.29) is 6.04 Å². The predicted octanol–water partition coefficient (Wildman–Crippen LogP) is 1.57. The van der Waals surface area contributed by atoms with Gasteiger partial charge in [0.1, 0.15) is 12.9 Å². The standard InChI is InChI=1S/C18H24N8O/c1-11(24-27-3)15-5-4-12(7-20-15)16-6-17(19)26-18(23-16)14(9-22-26)13-8-21-25(2)10-13/h6,8-10,12,15,20H,4-5,7,19H2,1-3H3/b24-11+/t12-,15-/m0/s1. The maximum atomic E-state index is 6.26. The molecular formula is C18H24N8O. The molecule has 0 aliphatic carbocycles. The Morgan fingerprint density at radius 1 is 1.33 bits per heavy atom. The molecule has 0 bridgehead atoms. The molecule has 3 aromatic rings. The van der Waals surface area contributed by atoms with Crippen LogP contribution in [0.25, 0.3) is 16.8 Å². The van der Waals surface area contributed by atoms with E-state index in [1.54, 1.807) is 22.5 Å². The quantitative estimate of drug-likeness (QED) is 0.535. The second kappa shape index (κ2) is 6.99. The van der Waals surface area contributed by atoms with Crippen LogP contribution >= 0.6 is 0 Å². The van der Waals surface area contributed by atoms with E-state index in [2.05, 4.69) is 20.7 Å². The number of nitrogens with zero attached hydrogens (tertiary/aromatic N) is 6. The van der Waals surface area contributed by atoms with E-state index in [1.165, 1.54) is 0 Å². The van der Waals surface area contributed by atoms with Crippen molar-refractivity contribution in [2.24, 2.45) is 12.2 Å². The third-order valence-electron chi connectivity index (χ3n) is 5.11. The van der Waals surface area contributed by atoms with Gasteiger partial charge in [-0.15, -0.1) is 0 Å². The fourth-order valence-electron chi connectivity index (χ4n) is 3.65. The number of aromatic nitrogens is 5. The highest BCUT2D eigenvalue weighted by Gasteiger charge is 2.26. The minimum Gasteiger partial charge on any atom is -0.399 e. The molecule has 1 fully saturated rings. The van der Waals surface area contributed by atoms with E-state index in [4.69, 9.17) is 15.6 Å². The van der Waals surface area contributed by atoms with Crippen LogP contribution < -0.4 is 11.1 Å². The van der Waals surface area contributed by atoms with Crippen molar-refractivity contribution in [3.63, 3.8) is 0 Å². The van der Waals surface area contributed by atoms with Gasteiger partial charge in [-0.1, -0.05) is 5.16 Å². The topological polar surface area (TPSA) is 108 Å². The lowest BCUT2D eigenvalue weighted by Gasteiger charge is -2.29. The minimum absolute atomic E-state index is 0.239. The zero-order valence-electron chi connectivity index (χ0n) is 15.8. The van der Waals surface area contributed by atoms with Crippen molar-refractivity contribution in [2.45, 2.75) is 31.7 Å². The summed E-state index contributed by atoms with van der Waals surface area (Å²) in [5.74, 6) is 0.880. The number of fused-ring (bicyclic) bond motifs is 1. The molecule has 4 rings (SSSR count). The molecule has 9 nitrogen and oxygen atoms in total. The molecule has 0 amide bonds. The van der Waals surface area contributed by atoms with Crippen molar-refractivity contribution in [1.29, 1.82) is 0 Å². The molecular weight excluding hydrogens is 344 g/mol. The van der Waals surface area contributed by atoms with E-state index < -0.39 is 0 Å². The first-order valence-electron chi connectivity index (χ1n) is 9.01. The highest BCUT2D eigenvalue weighted by Crippen LogP contribution is 2.29. The SMILES string of the molecule is CO/N=C(\C)[C@@H]1CC[C@H](c2cc(N)n3ncc(-c4cnn(C)c4)c3n2)CN1. The van der Waals surface area contributed by atoms with E-state index in [1.807, 2.05) is 32.4 Å². The Balaban J connectivity index is 1.63. The monoisotopic (exact) mass is 368 g/mol. The zero-order chi connectivity index (χ0) is 19.0. The van der Waals surface area contributed by atoms with Gasteiger partial charge in [-0.2, -0.15) is 14.7 Å². The second-order valence-electron chi connectivity index (χ2n) is 6.95. The number of nitrogen functional groups attached to an aromatic ring is 1. The number of nitrogens with two attached hydrogens (primary N) is 1. The van der Waals surface area contributed by atoms with Crippen LogP contribution in [0.15, 0.2) is 29.8 Å². The maximum absolute atomic E-state index is 6.26. The summed E-state index contributed by atoms with van der Waals surface area (Å²) in [6.45, 7) is 2.80. The molecule has 1 aliphatic rings. The average Bonchev–Trinajstić information content (AvgIpc) is 3.28. The van der Waals surface area contributed by atoms with Gasteiger partial charge in [-0.25, -0.2) is 4.98 Å². The van der Waals surface area contributed by atoms with Gasteiger partial charge < -0.3 is 15.9 Å². The van der Waals surface area contributed by atoms with Gasteiger partial charge in [-0.3, -0.25) is 4.68 Å². The van der Waals surface area contributed by atoms with Gasteiger partial charge in [0, 0.05) is 48.9 Å². The number of piperidine rings is 1. The summed E-state index contributed by atoms with van der Waals surface area (Å²) < 4.78 is 3.45. The highest BCUT2D eigenvalue weighted by atomic mass is 16.6. The molecule has 4 heterocycles. The van der Waals surface area contributed by atoms with Crippen LogP contribution in [0.4, 0.5) is 5.82 Å². The summed E-state index contributed by atoms with van der Waals surface area (Å²) in [7, 11) is 3.46. The molecule has 3 N–H and O–H groups in total. The van der Waals surface area contributed by atoms with E-state index in [0.29, 0.717) is 11.7 Å². The van der Waals surface area contributed by atoms with Crippen LogP contribution in [0.2, 0.25) is 0 Å². The van der Waals surface area contributed by atoms with Crippen LogP contribution in [0.3, 0.4) is 0 Å². The van der Waals surface area contributed by atoms with Crippen molar-refractivity contribution in [3.05, 3.63) is 30.4 Å². The lowest BCUT2D eigenvalue weighted by molar-refractivity contribution is 0.210. The fourth-order valence-corrected chi connectivity index (χ4v) is 3.65. The number of hydrogen-bond acceptors (Lipinski definition) is 7. The first kappa shape index (κ1) is 17.5. The Hall–Kier alpha value is -2.94. The first-order valence-corrected chi connectivity index (χ1v) is 9.01. The van der Waals surface area contributed by atoms with E-state index in [0.717, 1.165) is 47.6 Å². The second-order valence-corrected chi connectivity index (χ2v) is 6.95. The van der Waals surface area contributed by atoms with Crippen LogP contribution in [0.5, 0.6) is 0 Å². The summed E-state index contributed by atoms with van der Waals surface area (Å²) >= 11 is 0. The van der Waals surface area contributed by atoms with Gasteiger partial charge in [0.2, 0.25) is 0 Å². The normalized spacial score (nSPS) is 20.9. The molecule has 0 aromatic carbocycles. The average molecular weight is 368 g/mol. The van der Waals surface area contributed by atoms with Gasteiger partial charge >= 0.3 is 0 Å². The number of nitrogens with one attached hydrogen (secondary N) is 1. The Morgan fingerprint density at radius 3 is 2.85 bits per heavy atom. The number of rotatable bonds is 4. The molecule has 0 unspecified atom stereocenters. The van der Waals surface area contributed by atoms with Crippen LogP contribution in [0, 0.1) is 0 Å².